The Morgan fingerprint density at radius 1 is 1.03 bits per heavy atom. The van der Waals surface area contributed by atoms with Crippen LogP contribution in [0.15, 0.2) is 83.8 Å². The van der Waals surface area contributed by atoms with Gasteiger partial charge in [-0.2, -0.15) is 4.99 Å². The van der Waals surface area contributed by atoms with E-state index in [0.29, 0.717) is 23.0 Å². The SMILES string of the molecule is C=CCN=C=S.C=CCNC(=S)N=c1sc2ccccc2n1C.Cn1c(=N)sc2ccccc21. The van der Waals surface area contributed by atoms with Crippen molar-refractivity contribution in [2.45, 2.75) is 0 Å². The predicted molar refractivity (Wildman–Crippen MR) is 154 cm³/mol. The molecule has 0 aliphatic carbocycles. The lowest BCUT2D eigenvalue weighted by atomic mass is 10.3. The Morgan fingerprint density at radius 2 is 1.62 bits per heavy atom. The maximum absolute atomic E-state index is 7.53. The highest BCUT2D eigenvalue weighted by Crippen LogP contribution is 2.15. The van der Waals surface area contributed by atoms with Gasteiger partial charge in [-0.05, 0) is 48.7 Å². The molecular formula is C24H26N6S4. The van der Waals surface area contributed by atoms with Crippen LogP contribution in [0.2, 0.25) is 0 Å². The lowest BCUT2D eigenvalue weighted by molar-refractivity contribution is 0.893. The van der Waals surface area contributed by atoms with Crippen LogP contribution in [0, 0.1) is 5.41 Å². The van der Waals surface area contributed by atoms with Gasteiger partial charge in [0.05, 0.1) is 32.1 Å². The van der Waals surface area contributed by atoms with Crippen LogP contribution >= 0.6 is 47.1 Å². The fourth-order valence-electron chi connectivity index (χ4n) is 2.68. The molecule has 0 saturated heterocycles. The summed E-state index contributed by atoms with van der Waals surface area (Å²) < 4.78 is 6.32. The Kier molecular flexibility index (Phi) is 11.5. The van der Waals surface area contributed by atoms with Crippen molar-refractivity contribution in [2.24, 2.45) is 24.1 Å². The maximum Gasteiger partial charge on any atom is 0.195 e. The third kappa shape index (κ3) is 7.79. The average Bonchev–Trinajstić information content (AvgIpc) is 3.32. The van der Waals surface area contributed by atoms with Crippen molar-refractivity contribution < 1.29 is 0 Å². The highest BCUT2D eigenvalue weighted by Gasteiger charge is 2.01. The number of rotatable bonds is 4. The second kappa shape index (κ2) is 14.3. The number of aryl methyl sites for hydroxylation is 2. The smallest absolute Gasteiger partial charge is 0.195 e. The fraction of sp³-hybridized carbons (Fsp3) is 0.167. The number of nitrogens with zero attached hydrogens (tertiary/aromatic N) is 4. The summed E-state index contributed by atoms with van der Waals surface area (Å²) in [6.07, 6.45) is 3.42. The zero-order valence-corrected chi connectivity index (χ0v) is 22.3. The zero-order chi connectivity index (χ0) is 24.9. The van der Waals surface area contributed by atoms with E-state index in [0.717, 1.165) is 10.3 Å². The monoisotopic (exact) mass is 526 g/mol. The minimum Gasteiger partial charge on any atom is -0.357 e. The standard InChI is InChI=1S/C12H13N3S2.C8H8N2S.C4H5NS/c1-3-8-13-11(16)14-12-15(2)9-6-4-5-7-10(9)17-12;1-10-6-4-2-3-5-7(6)11-8(10)9;1-2-3-5-4-6/h3-7H,1,8H2,2H3,(H,13,16);2-5,9H,1H3;2H,1,3H2. The Morgan fingerprint density at radius 3 is 2.12 bits per heavy atom. The van der Waals surface area contributed by atoms with Crippen LogP contribution in [0.4, 0.5) is 0 Å². The van der Waals surface area contributed by atoms with Gasteiger partial charge in [0.25, 0.3) is 0 Å². The average molecular weight is 527 g/mol. The number of isothiocyanates is 1. The first kappa shape index (κ1) is 27.2. The molecule has 0 bridgehead atoms. The normalized spacial score (nSPS) is 10.4. The van der Waals surface area contributed by atoms with Gasteiger partial charge in [-0.3, -0.25) is 5.41 Å². The quantitative estimate of drug-likeness (QED) is 0.218. The molecule has 34 heavy (non-hydrogen) atoms. The van der Waals surface area contributed by atoms with E-state index < -0.39 is 0 Å². The number of aliphatic imine (C=N–C) groups is 1. The van der Waals surface area contributed by atoms with Crippen molar-refractivity contribution in [3.8, 4) is 0 Å². The molecule has 0 atom stereocenters. The molecule has 4 rings (SSSR count). The zero-order valence-electron chi connectivity index (χ0n) is 19.0. The summed E-state index contributed by atoms with van der Waals surface area (Å²) in [5.74, 6) is 0. The Hall–Kier alpha value is -3.01. The molecule has 6 nitrogen and oxygen atoms in total. The molecule has 2 aromatic carbocycles. The topological polar surface area (TPSA) is 70.5 Å². The van der Waals surface area contributed by atoms with Gasteiger partial charge < -0.3 is 14.5 Å². The van der Waals surface area contributed by atoms with E-state index in [2.05, 4.69) is 58.0 Å². The number of aromatic nitrogens is 2. The molecule has 0 spiro atoms. The fourth-order valence-corrected chi connectivity index (χ4v) is 4.91. The van der Waals surface area contributed by atoms with E-state index in [4.69, 9.17) is 17.6 Å². The van der Waals surface area contributed by atoms with Crippen LogP contribution in [0.25, 0.3) is 20.4 Å². The van der Waals surface area contributed by atoms with Gasteiger partial charge in [-0.15, -0.1) is 13.2 Å². The van der Waals surface area contributed by atoms with E-state index in [1.165, 1.54) is 26.3 Å². The van der Waals surface area contributed by atoms with Gasteiger partial charge >= 0.3 is 0 Å². The highest BCUT2D eigenvalue weighted by atomic mass is 32.1. The molecule has 0 radical (unpaired) electrons. The van der Waals surface area contributed by atoms with Crippen LogP contribution in [0.3, 0.4) is 0 Å². The number of thiazole rings is 2. The van der Waals surface area contributed by atoms with Crippen molar-refractivity contribution >= 4 is 77.8 Å². The molecule has 2 aromatic heterocycles. The first-order valence-electron chi connectivity index (χ1n) is 10.1. The van der Waals surface area contributed by atoms with E-state index in [9.17, 15) is 0 Å². The largest absolute Gasteiger partial charge is 0.357 e. The lowest BCUT2D eigenvalue weighted by Crippen LogP contribution is -2.23. The van der Waals surface area contributed by atoms with E-state index in [1.807, 2.05) is 59.6 Å². The molecule has 0 saturated carbocycles. The van der Waals surface area contributed by atoms with Crippen molar-refractivity contribution in [1.82, 2.24) is 14.5 Å². The van der Waals surface area contributed by atoms with Gasteiger partial charge in [-0.1, -0.05) is 59.1 Å². The molecular weight excluding hydrogens is 501 g/mol. The summed E-state index contributed by atoms with van der Waals surface area (Å²) in [4.78, 5) is 9.42. The van der Waals surface area contributed by atoms with Crippen molar-refractivity contribution in [3.05, 3.63) is 83.4 Å². The molecule has 4 aromatic rings. The van der Waals surface area contributed by atoms with Crippen LogP contribution < -0.4 is 14.9 Å². The number of thiocarbonyl (C=S) groups is 2. The Balaban J connectivity index is 0.000000205. The summed E-state index contributed by atoms with van der Waals surface area (Å²) in [6.45, 7) is 8.27. The van der Waals surface area contributed by atoms with Crippen molar-refractivity contribution in [2.75, 3.05) is 13.1 Å². The molecule has 0 aliphatic rings. The van der Waals surface area contributed by atoms with Crippen LogP contribution in [0.1, 0.15) is 0 Å². The van der Waals surface area contributed by atoms with Crippen LogP contribution in [-0.2, 0) is 14.1 Å². The Labute approximate surface area is 217 Å². The molecule has 0 fully saturated rings. The number of nitrogens with one attached hydrogen (secondary N) is 2. The number of hydrogen-bond donors (Lipinski definition) is 2. The number of benzene rings is 2. The molecule has 2 heterocycles. The lowest BCUT2D eigenvalue weighted by Gasteiger charge is -1.98. The van der Waals surface area contributed by atoms with E-state index in [1.54, 1.807) is 23.5 Å². The predicted octanol–water partition coefficient (Wildman–Crippen LogP) is 5.20. The van der Waals surface area contributed by atoms with Crippen LogP contribution in [-0.4, -0.2) is 32.5 Å². The van der Waals surface area contributed by atoms with E-state index in [-0.39, 0.29) is 0 Å². The maximum atomic E-state index is 7.53. The van der Waals surface area contributed by atoms with Crippen molar-refractivity contribution in [1.29, 1.82) is 5.41 Å². The first-order valence-corrected chi connectivity index (χ1v) is 12.6. The van der Waals surface area contributed by atoms with Gasteiger partial charge in [0.15, 0.2) is 14.7 Å². The van der Waals surface area contributed by atoms with Gasteiger partial charge in [0, 0.05) is 20.6 Å². The van der Waals surface area contributed by atoms with Gasteiger partial charge in [-0.25, -0.2) is 4.99 Å². The minimum atomic E-state index is 0.493. The molecule has 2 N–H and O–H groups in total. The minimum absolute atomic E-state index is 0.493. The van der Waals surface area contributed by atoms with Gasteiger partial charge in [0.2, 0.25) is 0 Å². The third-order valence-electron chi connectivity index (χ3n) is 4.33. The second-order valence-corrected chi connectivity index (χ2v) is 9.26. The van der Waals surface area contributed by atoms with Crippen molar-refractivity contribution in [3.63, 3.8) is 0 Å². The number of para-hydroxylation sites is 2. The highest BCUT2D eigenvalue weighted by molar-refractivity contribution is 7.80. The third-order valence-corrected chi connectivity index (χ3v) is 6.84. The number of hydrogen-bond acceptors (Lipinski definition) is 6. The molecule has 0 unspecified atom stereocenters. The molecule has 10 heteroatoms. The van der Waals surface area contributed by atoms with Crippen LogP contribution in [0.5, 0.6) is 0 Å². The summed E-state index contributed by atoms with van der Waals surface area (Å²) in [7, 11) is 3.91. The summed E-state index contributed by atoms with van der Waals surface area (Å²) in [5, 5.41) is 13.2. The molecule has 176 valence electrons. The first-order chi connectivity index (χ1) is 16.4. The Bertz CT molecular complexity index is 1450. The number of fused-ring (bicyclic) bond motifs is 2. The molecule has 0 aliphatic heterocycles. The summed E-state index contributed by atoms with van der Waals surface area (Å²) >= 11 is 12.5. The van der Waals surface area contributed by atoms with Gasteiger partial charge in [0.1, 0.15) is 0 Å². The summed E-state index contributed by atoms with van der Waals surface area (Å²) in [5.41, 5.74) is 2.31. The second-order valence-electron chi connectivity index (χ2n) is 6.65. The summed E-state index contributed by atoms with van der Waals surface area (Å²) in [6, 6.07) is 16.3. The molecule has 0 amide bonds. The van der Waals surface area contributed by atoms with E-state index >= 15 is 0 Å².